The first kappa shape index (κ1) is 18.3. The van der Waals surface area contributed by atoms with Crippen molar-refractivity contribution >= 4 is 23.8 Å². The molecule has 1 fully saturated rings. The Labute approximate surface area is 165 Å². The zero-order valence-corrected chi connectivity index (χ0v) is 15.4. The average Bonchev–Trinajstić information content (AvgIpc) is 3.35. The van der Waals surface area contributed by atoms with Crippen LogP contribution in [-0.2, 0) is 4.79 Å². The number of nitrogens with zero attached hydrogens (tertiary/aromatic N) is 3. The Morgan fingerprint density at radius 2 is 2.04 bits per heavy atom. The zero-order valence-electron chi connectivity index (χ0n) is 14.7. The molecule has 0 spiro atoms. The number of aldehydes is 1. The molecular formula is C20H16ClFN4O2. The Balaban J connectivity index is 1.80. The standard InChI is InChI=1S/C20H16ClFN4O2/c21-13-4-3-5-15(8-13)26-19(16-6-1-2-7-17(16)22)9-18(24-26)20(28)25-10-14(11-27)23-12-25/h1-9,11,14,23H,10,12H2. The van der Waals surface area contributed by atoms with Crippen LogP contribution in [0.15, 0.2) is 54.6 Å². The molecule has 8 heteroatoms. The van der Waals surface area contributed by atoms with Gasteiger partial charge in [0.05, 0.1) is 24.1 Å². The maximum atomic E-state index is 14.4. The fourth-order valence-corrected chi connectivity index (χ4v) is 3.34. The van der Waals surface area contributed by atoms with Crippen LogP contribution in [0.5, 0.6) is 0 Å². The molecule has 1 aromatic heterocycles. The molecule has 1 saturated heterocycles. The van der Waals surface area contributed by atoms with Crippen molar-refractivity contribution < 1.29 is 14.0 Å². The minimum absolute atomic E-state index is 0.159. The van der Waals surface area contributed by atoms with Crippen LogP contribution in [0.3, 0.4) is 0 Å². The second kappa shape index (κ2) is 7.53. The molecule has 0 bridgehead atoms. The summed E-state index contributed by atoms with van der Waals surface area (Å²) >= 11 is 6.10. The van der Waals surface area contributed by atoms with E-state index in [1.807, 2.05) is 0 Å². The first-order valence-electron chi connectivity index (χ1n) is 8.65. The number of halogens is 2. The third kappa shape index (κ3) is 3.42. The van der Waals surface area contributed by atoms with Crippen LogP contribution >= 0.6 is 11.6 Å². The fourth-order valence-electron chi connectivity index (χ4n) is 3.15. The number of hydrogen-bond donors (Lipinski definition) is 1. The highest BCUT2D eigenvalue weighted by molar-refractivity contribution is 6.30. The first-order chi connectivity index (χ1) is 13.6. The number of rotatable bonds is 4. The Morgan fingerprint density at radius 1 is 1.21 bits per heavy atom. The van der Waals surface area contributed by atoms with Gasteiger partial charge in [0.15, 0.2) is 5.69 Å². The molecule has 28 heavy (non-hydrogen) atoms. The van der Waals surface area contributed by atoms with E-state index in [0.29, 0.717) is 22.0 Å². The van der Waals surface area contributed by atoms with Crippen LogP contribution in [0.25, 0.3) is 16.9 Å². The van der Waals surface area contributed by atoms with Gasteiger partial charge in [-0.2, -0.15) is 5.10 Å². The van der Waals surface area contributed by atoms with E-state index < -0.39 is 11.9 Å². The highest BCUT2D eigenvalue weighted by atomic mass is 35.5. The lowest BCUT2D eigenvalue weighted by Crippen LogP contribution is -2.30. The highest BCUT2D eigenvalue weighted by Gasteiger charge is 2.28. The number of aromatic nitrogens is 2. The Morgan fingerprint density at radius 3 is 2.75 bits per heavy atom. The minimum Gasteiger partial charge on any atom is -0.322 e. The molecule has 1 amide bonds. The summed E-state index contributed by atoms with van der Waals surface area (Å²) in [5, 5.41) is 7.85. The molecule has 2 heterocycles. The van der Waals surface area contributed by atoms with Gasteiger partial charge in [0.1, 0.15) is 12.1 Å². The van der Waals surface area contributed by atoms with Crippen molar-refractivity contribution in [2.24, 2.45) is 0 Å². The minimum atomic E-state index is -0.423. The van der Waals surface area contributed by atoms with E-state index in [9.17, 15) is 14.0 Å². The van der Waals surface area contributed by atoms with Gasteiger partial charge in [-0.15, -0.1) is 0 Å². The third-order valence-corrected chi connectivity index (χ3v) is 4.78. The molecule has 1 aliphatic rings. The number of benzene rings is 2. The van der Waals surface area contributed by atoms with Gasteiger partial charge in [0.2, 0.25) is 0 Å². The zero-order chi connectivity index (χ0) is 19.7. The van der Waals surface area contributed by atoms with Crippen LogP contribution < -0.4 is 5.32 Å². The van der Waals surface area contributed by atoms with Gasteiger partial charge in [0, 0.05) is 17.1 Å². The van der Waals surface area contributed by atoms with Crippen molar-refractivity contribution in [3.8, 4) is 16.9 Å². The Kier molecular flexibility index (Phi) is 4.93. The number of carbonyl (C=O) groups excluding carboxylic acids is 2. The SMILES string of the molecule is O=CC1CN(C(=O)c2cc(-c3ccccc3F)n(-c3cccc(Cl)c3)n2)CN1. The molecular weight excluding hydrogens is 383 g/mol. The van der Waals surface area contributed by atoms with Gasteiger partial charge in [-0.1, -0.05) is 29.8 Å². The lowest BCUT2D eigenvalue weighted by molar-refractivity contribution is -0.109. The molecule has 4 rings (SSSR count). The quantitative estimate of drug-likeness (QED) is 0.686. The average molecular weight is 399 g/mol. The van der Waals surface area contributed by atoms with E-state index >= 15 is 0 Å². The summed E-state index contributed by atoms with van der Waals surface area (Å²) in [5.74, 6) is -0.760. The molecule has 2 aromatic carbocycles. The van der Waals surface area contributed by atoms with E-state index in [1.165, 1.54) is 15.6 Å². The number of hydrogen-bond acceptors (Lipinski definition) is 4. The highest BCUT2D eigenvalue weighted by Crippen LogP contribution is 2.28. The molecule has 0 aliphatic carbocycles. The second-order valence-electron chi connectivity index (χ2n) is 6.42. The van der Waals surface area contributed by atoms with E-state index in [2.05, 4.69) is 10.4 Å². The number of nitrogens with one attached hydrogen (secondary N) is 1. The van der Waals surface area contributed by atoms with Crippen LogP contribution in [0.1, 0.15) is 10.5 Å². The van der Waals surface area contributed by atoms with Crippen molar-refractivity contribution in [2.45, 2.75) is 6.04 Å². The van der Waals surface area contributed by atoms with Crippen LogP contribution in [0.4, 0.5) is 4.39 Å². The monoisotopic (exact) mass is 398 g/mol. The molecule has 1 aliphatic heterocycles. The number of amides is 1. The lowest BCUT2D eigenvalue weighted by atomic mass is 10.1. The molecule has 0 saturated carbocycles. The van der Waals surface area contributed by atoms with Crippen LogP contribution in [0, 0.1) is 5.82 Å². The van der Waals surface area contributed by atoms with Crippen molar-refractivity contribution in [1.82, 2.24) is 20.0 Å². The maximum absolute atomic E-state index is 14.4. The third-order valence-electron chi connectivity index (χ3n) is 4.54. The summed E-state index contributed by atoms with van der Waals surface area (Å²) in [5.41, 5.74) is 1.52. The van der Waals surface area contributed by atoms with E-state index in [4.69, 9.17) is 11.6 Å². The number of carbonyl (C=O) groups is 2. The summed E-state index contributed by atoms with van der Waals surface area (Å²) in [7, 11) is 0. The molecule has 3 aromatic rings. The smallest absolute Gasteiger partial charge is 0.275 e. The van der Waals surface area contributed by atoms with Crippen LogP contribution in [-0.4, -0.2) is 46.1 Å². The Hall–Kier alpha value is -3.03. The molecule has 1 N–H and O–H groups in total. The van der Waals surface area contributed by atoms with E-state index in [-0.39, 0.29) is 24.8 Å². The predicted molar refractivity (Wildman–Crippen MR) is 103 cm³/mol. The van der Waals surface area contributed by atoms with E-state index in [0.717, 1.165) is 6.29 Å². The largest absolute Gasteiger partial charge is 0.322 e. The van der Waals surface area contributed by atoms with Gasteiger partial charge in [0.25, 0.3) is 5.91 Å². The summed E-state index contributed by atoms with van der Waals surface area (Å²) in [6.45, 7) is 0.517. The Bertz CT molecular complexity index is 1050. The van der Waals surface area contributed by atoms with Gasteiger partial charge in [-0.3, -0.25) is 10.1 Å². The molecule has 142 valence electrons. The van der Waals surface area contributed by atoms with Gasteiger partial charge >= 0.3 is 0 Å². The summed E-state index contributed by atoms with van der Waals surface area (Å²) in [6.07, 6.45) is 0.766. The van der Waals surface area contributed by atoms with Gasteiger partial charge in [-0.05, 0) is 36.4 Å². The van der Waals surface area contributed by atoms with Gasteiger partial charge in [-0.25, -0.2) is 9.07 Å². The molecule has 1 unspecified atom stereocenters. The molecule has 0 radical (unpaired) electrons. The fraction of sp³-hybridized carbons (Fsp3) is 0.150. The summed E-state index contributed by atoms with van der Waals surface area (Å²) in [6, 6.07) is 14.4. The summed E-state index contributed by atoms with van der Waals surface area (Å²) < 4.78 is 15.9. The van der Waals surface area contributed by atoms with Crippen molar-refractivity contribution in [1.29, 1.82) is 0 Å². The first-order valence-corrected chi connectivity index (χ1v) is 9.03. The normalized spacial score (nSPS) is 16.4. The lowest BCUT2D eigenvalue weighted by Gasteiger charge is -2.12. The van der Waals surface area contributed by atoms with Gasteiger partial charge < -0.3 is 9.69 Å². The van der Waals surface area contributed by atoms with Crippen LogP contribution in [0.2, 0.25) is 5.02 Å². The van der Waals surface area contributed by atoms with Crippen molar-refractivity contribution in [2.75, 3.05) is 13.2 Å². The maximum Gasteiger partial charge on any atom is 0.275 e. The summed E-state index contributed by atoms with van der Waals surface area (Å²) in [4.78, 5) is 25.3. The predicted octanol–water partition coefficient (Wildman–Crippen LogP) is 2.90. The van der Waals surface area contributed by atoms with Crippen molar-refractivity contribution in [3.05, 3.63) is 71.1 Å². The van der Waals surface area contributed by atoms with E-state index in [1.54, 1.807) is 48.5 Å². The second-order valence-corrected chi connectivity index (χ2v) is 6.86. The topological polar surface area (TPSA) is 67.2 Å². The van der Waals surface area contributed by atoms with Crippen molar-refractivity contribution in [3.63, 3.8) is 0 Å². The molecule has 1 atom stereocenters. The molecule has 6 nitrogen and oxygen atoms in total.